The van der Waals surface area contributed by atoms with E-state index < -0.39 is 16.1 Å². The molecule has 0 N–H and O–H groups in total. The molecule has 5 heterocycles. The van der Waals surface area contributed by atoms with Gasteiger partial charge in [-0.2, -0.15) is 5.26 Å². The fourth-order valence-electron chi connectivity index (χ4n) is 9.65. The minimum atomic E-state index is -1.43. The molecule has 0 aliphatic carbocycles. The van der Waals surface area contributed by atoms with Crippen LogP contribution in [0.15, 0.2) is 205 Å². The van der Waals surface area contributed by atoms with E-state index in [4.69, 9.17) is 14.9 Å². The first-order valence-corrected chi connectivity index (χ1v) is 34.1. The second-order valence-corrected chi connectivity index (χ2v) is 32.7. The summed E-state index contributed by atoms with van der Waals surface area (Å²) in [5.41, 5.74) is 15.4. The van der Waals surface area contributed by atoms with E-state index in [1.807, 2.05) is 66.9 Å². The van der Waals surface area contributed by atoms with Gasteiger partial charge in [0.05, 0.1) is 38.6 Å². The summed E-state index contributed by atoms with van der Waals surface area (Å²) in [5, 5.41) is 13.8. The van der Waals surface area contributed by atoms with Crippen LogP contribution >= 0.6 is 0 Å². The normalized spacial score (nSPS) is 12.1. The number of pyridine rings is 3. The van der Waals surface area contributed by atoms with Crippen LogP contribution in [0, 0.1) is 29.5 Å². The van der Waals surface area contributed by atoms with Crippen LogP contribution in [0.4, 0.5) is 0 Å². The molecule has 5 aromatic heterocycles. The summed E-state index contributed by atoms with van der Waals surface area (Å²) in [6.45, 7) is 22.7. The molecule has 7 nitrogen and oxygen atoms in total. The Bertz CT molecular complexity index is 4350. The Morgan fingerprint density at radius 1 is 0.580 bits per heavy atom. The van der Waals surface area contributed by atoms with Gasteiger partial charge in [0.2, 0.25) is 5.71 Å². The van der Waals surface area contributed by atoms with E-state index in [2.05, 4.69) is 202 Å². The Labute approximate surface area is 498 Å². The van der Waals surface area contributed by atoms with Crippen LogP contribution in [0.5, 0.6) is 0 Å². The van der Waals surface area contributed by atoms with Gasteiger partial charge < -0.3 is 19.0 Å². The Balaban J connectivity index is 0.000000191. The quantitative estimate of drug-likeness (QED) is 0.100. The molecule has 0 aliphatic heterocycles. The maximum atomic E-state index is 9.47. The molecule has 0 fully saturated rings. The predicted molar refractivity (Wildman–Crippen MR) is 337 cm³/mol. The van der Waals surface area contributed by atoms with Crippen LogP contribution in [-0.4, -0.2) is 40.7 Å². The molecule has 402 valence electrons. The van der Waals surface area contributed by atoms with Gasteiger partial charge in [-0.25, -0.2) is 4.98 Å². The van der Waals surface area contributed by atoms with E-state index in [-0.39, 0.29) is 56.1 Å². The molecule has 12 aromatic rings. The number of furan rings is 1. The summed E-state index contributed by atoms with van der Waals surface area (Å²) in [6.07, 6.45) is 3.82. The number of aromatic nitrogens is 5. The van der Waals surface area contributed by atoms with Gasteiger partial charge >= 0.3 is 20.1 Å². The van der Waals surface area contributed by atoms with Crippen molar-refractivity contribution in [3.05, 3.63) is 235 Å². The summed E-state index contributed by atoms with van der Waals surface area (Å²) < 4.78 is 39.4. The van der Waals surface area contributed by atoms with Crippen molar-refractivity contribution in [2.45, 2.75) is 78.8 Å². The monoisotopic (exact) mass is 1270 g/mol. The molecule has 7 aromatic carbocycles. The molecular formula is C71H65IrN6OSi2. The molecular weight excluding hydrogens is 1200 g/mol. The van der Waals surface area contributed by atoms with E-state index in [1.54, 1.807) is 18.3 Å². The van der Waals surface area contributed by atoms with Gasteiger partial charge in [-0.05, 0) is 106 Å². The number of nitriles is 1. The smallest absolute Gasteiger partial charge is 0.486 e. The zero-order valence-electron chi connectivity index (χ0n) is 51.3. The van der Waals surface area contributed by atoms with E-state index in [0.717, 1.165) is 50.1 Å². The van der Waals surface area contributed by atoms with Gasteiger partial charge in [-0.15, -0.1) is 89.9 Å². The average molecular weight is 1270 g/mol. The van der Waals surface area contributed by atoms with Gasteiger partial charge in [0.15, 0.2) is 0 Å². The first-order chi connectivity index (χ1) is 40.2. The predicted octanol–water partition coefficient (Wildman–Crippen LogP) is 17.4. The van der Waals surface area contributed by atoms with E-state index in [0.29, 0.717) is 28.2 Å². The zero-order valence-corrected chi connectivity index (χ0v) is 51.7. The van der Waals surface area contributed by atoms with E-state index in [1.165, 1.54) is 43.8 Å². The van der Waals surface area contributed by atoms with Crippen LogP contribution in [0.3, 0.4) is 0 Å². The molecule has 0 bridgehead atoms. The minimum absolute atomic E-state index is 0. The Kier molecular flexibility index (Phi) is 15.9. The van der Waals surface area contributed by atoms with Gasteiger partial charge in [0.25, 0.3) is 0 Å². The SMILES string of the molecule is CC(C)c1cc(-c2ccc(-c3ccccc3)cc2)cc(C(C)C)c1-n1c(-c2[c-]ccc3c2oc2nc(C#N)ccc23)nc2ccccc21.C[Si](C)(C)c1ccc(-c2[c-]cccc2)nc1.[2H]c1[c-]c(-c2ccc([Si](C)(C)C)cn2)c([2H])c([2H])c1[2H].[Ir+3]. The van der Waals surface area contributed by atoms with Crippen LogP contribution in [0.25, 0.3) is 94.9 Å². The number of hydrogen-bond acceptors (Lipinski definition) is 6. The standard InChI is InChI=1S/C43H33N4O.2C14H16NSi.Ir/c1-26(2)36-23-31(30-19-17-29(18-20-30)28-11-6-5-7-12-28)24-37(27(3)4)40(36)47-39-16-9-8-15-38(39)46-42(47)35-14-10-13-33-34-22-21-32(25-44)45-43(34)48-41(33)35;2*1-16(2,3)13-9-10-14(15-11-13)12-7-5-4-6-8-12;/h5-13,15-24,26-27H,1-4H3;2*4-7,9-11H,1-3H3;/q3*-1;+3/i;4D,5D,6D,7D;;. The van der Waals surface area contributed by atoms with Gasteiger partial charge in [0.1, 0.15) is 11.8 Å². The van der Waals surface area contributed by atoms with Crippen LogP contribution in [0.2, 0.25) is 39.3 Å². The first kappa shape index (κ1) is 52.2. The third-order valence-corrected chi connectivity index (χ3v) is 18.2. The number of imidazole rings is 1. The van der Waals surface area contributed by atoms with Crippen molar-refractivity contribution in [1.82, 2.24) is 24.5 Å². The number of rotatable bonds is 10. The summed E-state index contributed by atoms with van der Waals surface area (Å²) in [5.74, 6) is 1.22. The van der Waals surface area contributed by atoms with Crippen LogP contribution in [-0.2, 0) is 20.1 Å². The largest absolute Gasteiger partial charge is 3.00 e. The van der Waals surface area contributed by atoms with Crippen molar-refractivity contribution >= 4 is 59.6 Å². The summed E-state index contributed by atoms with van der Waals surface area (Å²) in [6, 6.07) is 66.6. The number of fused-ring (bicyclic) bond motifs is 4. The van der Waals surface area contributed by atoms with Crippen molar-refractivity contribution in [3.63, 3.8) is 0 Å². The minimum Gasteiger partial charge on any atom is -0.486 e. The van der Waals surface area contributed by atoms with Crippen molar-refractivity contribution < 1.29 is 30.0 Å². The second kappa shape index (κ2) is 24.7. The summed E-state index contributed by atoms with van der Waals surface area (Å²) in [7, 11) is -2.66. The average Bonchev–Trinajstić information content (AvgIpc) is 2.45. The van der Waals surface area contributed by atoms with Gasteiger partial charge in [-0.1, -0.05) is 169 Å². The van der Waals surface area contributed by atoms with E-state index in [9.17, 15) is 5.26 Å². The topological polar surface area (TPSA) is 93.4 Å². The van der Waals surface area contributed by atoms with Gasteiger partial charge in [0, 0.05) is 26.2 Å². The van der Waals surface area contributed by atoms with Gasteiger partial charge in [-0.3, -0.25) is 4.98 Å². The number of benzene rings is 7. The van der Waals surface area contributed by atoms with E-state index >= 15 is 0 Å². The molecule has 0 atom stereocenters. The third kappa shape index (κ3) is 12.7. The Morgan fingerprint density at radius 3 is 1.78 bits per heavy atom. The fraction of sp³-hybridized carbons (Fsp3) is 0.169. The molecule has 0 unspecified atom stereocenters. The molecule has 0 saturated carbocycles. The van der Waals surface area contributed by atoms with Crippen molar-refractivity contribution in [3.8, 4) is 67.9 Å². The van der Waals surface area contributed by atoms with Crippen molar-refractivity contribution in [2.75, 3.05) is 0 Å². The van der Waals surface area contributed by atoms with Crippen molar-refractivity contribution in [2.24, 2.45) is 0 Å². The molecule has 0 amide bonds. The molecule has 0 radical (unpaired) electrons. The molecule has 0 spiro atoms. The molecule has 0 aliphatic rings. The Morgan fingerprint density at radius 2 is 1.19 bits per heavy atom. The third-order valence-electron chi connectivity index (χ3n) is 14.2. The maximum Gasteiger partial charge on any atom is 3.00 e. The number of hydrogen-bond donors (Lipinski definition) is 0. The van der Waals surface area contributed by atoms with Crippen molar-refractivity contribution in [1.29, 1.82) is 5.26 Å². The number of para-hydroxylation sites is 2. The molecule has 12 rings (SSSR count). The van der Waals surface area contributed by atoms with Crippen LogP contribution in [0.1, 0.15) is 61.8 Å². The first-order valence-electron chi connectivity index (χ1n) is 29.1. The molecule has 81 heavy (non-hydrogen) atoms. The second-order valence-electron chi connectivity index (χ2n) is 22.5. The summed E-state index contributed by atoms with van der Waals surface area (Å²) in [4.78, 5) is 18.6. The fourth-order valence-corrected chi connectivity index (χ4v) is 11.7. The Hall–Kier alpha value is -8.17. The zero-order chi connectivity index (χ0) is 59.6. The van der Waals surface area contributed by atoms with Crippen LogP contribution < -0.4 is 10.4 Å². The summed E-state index contributed by atoms with van der Waals surface area (Å²) >= 11 is 0. The molecule has 0 saturated heterocycles. The maximum absolute atomic E-state index is 9.47. The number of nitrogens with zero attached hydrogens (tertiary/aromatic N) is 6. The molecule has 10 heteroatoms.